The Morgan fingerprint density at radius 1 is 1.36 bits per heavy atom. The lowest BCUT2D eigenvalue weighted by molar-refractivity contribution is -0.0463. The lowest BCUT2D eigenvalue weighted by atomic mass is 9.92. The van der Waals surface area contributed by atoms with Crippen LogP contribution in [0.5, 0.6) is 0 Å². The number of rotatable bonds is 3. The molecule has 0 aromatic carbocycles. The van der Waals surface area contributed by atoms with Gasteiger partial charge >= 0.3 is 0 Å². The molecule has 7 heteroatoms. The van der Waals surface area contributed by atoms with Gasteiger partial charge in [-0.2, -0.15) is 5.10 Å². The van der Waals surface area contributed by atoms with Crippen LogP contribution in [0.25, 0.3) is 0 Å². The average Bonchev–Trinajstić information content (AvgIpc) is 3.03. The van der Waals surface area contributed by atoms with Gasteiger partial charge in [-0.15, -0.1) is 0 Å². The quantitative estimate of drug-likeness (QED) is 0.833. The molecule has 1 fully saturated rings. The van der Waals surface area contributed by atoms with Gasteiger partial charge in [0.25, 0.3) is 5.56 Å². The minimum absolute atomic E-state index is 0.0347. The predicted molar refractivity (Wildman–Crippen MR) is 93.1 cm³/mol. The Hall–Kier alpha value is -1.99. The van der Waals surface area contributed by atoms with Crippen LogP contribution >= 0.6 is 0 Å². The topological polar surface area (TPSA) is 65.2 Å². The Kier molecular flexibility index (Phi) is 4.43. The van der Waals surface area contributed by atoms with Crippen LogP contribution in [0.1, 0.15) is 36.0 Å². The van der Waals surface area contributed by atoms with E-state index in [1.807, 2.05) is 19.4 Å². The zero-order valence-corrected chi connectivity index (χ0v) is 14.9. The van der Waals surface area contributed by atoms with Crippen LogP contribution in [0.3, 0.4) is 0 Å². The zero-order valence-electron chi connectivity index (χ0n) is 14.9. The Balaban J connectivity index is 1.50. The molecule has 0 amide bonds. The standard InChI is InChI=1S/C18H25N5O2/c1-21-8-6-19-18(21)17-13(4-3-9-25-17)11-23-7-5-15-14(12-23)10-16(24)22(2)20-15/h6,8,10,13,17H,3-5,7,9,11-12H2,1-2H3/t13-,17+/m0/s1. The van der Waals surface area contributed by atoms with Crippen molar-refractivity contribution >= 4 is 0 Å². The summed E-state index contributed by atoms with van der Waals surface area (Å²) < 4.78 is 9.57. The van der Waals surface area contributed by atoms with Crippen molar-refractivity contribution in [1.82, 2.24) is 24.2 Å². The number of aryl methyl sites for hydroxylation is 2. The molecule has 2 atom stereocenters. The molecule has 0 unspecified atom stereocenters. The number of fused-ring (bicyclic) bond motifs is 1. The molecule has 0 spiro atoms. The molecule has 0 N–H and O–H groups in total. The van der Waals surface area contributed by atoms with Crippen molar-refractivity contribution in [2.75, 3.05) is 19.7 Å². The van der Waals surface area contributed by atoms with Gasteiger partial charge in [0.1, 0.15) is 11.9 Å². The molecule has 0 saturated carbocycles. The van der Waals surface area contributed by atoms with E-state index in [2.05, 4.69) is 19.5 Å². The van der Waals surface area contributed by atoms with Gasteiger partial charge in [-0.05, 0) is 18.4 Å². The first-order valence-electron chi connectivity index (χ1n) is 8.99. The average molecular weight is 343 g/mol. The highest BCUT2D eigenvalue weighted by Gasteiger charge is 2.32. The van der Waals surface area contributed by atoms with Crippen molar-refractivity contribution in [2.24, 2.45) is 20.0 Å². The van der Waals surface area contributed by atoms with E-state index in [1.54, 1.807) is 13.1 Å². The van der Waals surface area contributed by atoms with Crippen LogP contribution in [0.2, 0.25) is 0 Å². The molecule has 134 valence electrons. The first-order valence-corrected chi connectivity index (χ1v) is 8.99. The van der Waals surface area contributed by atoms with E-state index in [0.717, 1.165) is 62.6 Å². The Labute approximate surface area is 147 Å². The molecule has 2 aromatic rings. The second-order valence-corrected chi connectivity index (χ2v) is 7.15. The third-order valence-electron chi connectivity index (χ3n) is 5.37. The molecule has 2 aliphatic rings. The number of imidazole rings is 1. The van der Waals surface area contributed by atoms with E-state index in [-0.39, 0.29) is 11.7 Å². The zero-order chi connectivity index (χ0) is 17.4. The van der Waals surface area contributed by atoms with Crippen molar-refractivity contribution in [3.05, 3.63) is 45.9 Å². The third kappa shape index (κ3) is 3.26. The van der Waals surface area contributed by atoms with E-state index < -0.39 is 0 Å². The number of aromatic nitrogens is 4. The van der Waals surface area contributed by atoms with Crippen LogP contribution in [0, 0.1) is 5.92 Å². The first kappa shape index (κ1) is 16.5. The molecular formula is C18H25N5O2. The molecule has 0 radical (unpaired) electrons. The summed E-state index contributed by atoms with van der Waals surface area (Å²) in [6.07, 6.45) is 7.00. The molecule has 1 saturated heterocycles. The summed E-state index contributed by atoms with van der Waals surface area (Å²) in [6.45, 7) is 3.53. The second-order valence-electron chi connectivity index (χ2n) is 7.15. The van der Waals surface area contributed by atoms with Crippen LogP contribution in [-0.4, -0.2) is 43.9 Å². The van der Waals surface area contributed by atoms with Gasteiger partial charge < -0.3 is 9.30 Å². The molecule has 2 aliphatic heterocycles. The van der Waals surface area contributed by atoms with Gasteiger partial charge in [0.15, 0.2) is 0 Å². The fraction of sp³-hybridized carbons (Fsp3) is 0.611. The van der Waals surface area contributed by atoms with Gasteiger partial charge in [0.05, 0.1) is 5.69 Å². The highest BCUT2D eigenvalue weighted by Crippen LogP contribution is 2.34. The summed E-state index contributed by atoms with van der Waals surface area (Å²) in [5.74, 6) is 1.44. The second kappa shape index (κ2) is 6.72. The number of nitrogens with zero attached hydrogens (tertiary/aromatic N) is 5. The summed E-state index contributed by atoms with van der Waals surface area (Å²) in [5, 5.41) is 4.40. The normalized spacial score (nSPS) is 24.2. The van der Waals surface area contributed by atoms with E-state index in [0.29, 0.717) is 5.92 Å². The van der Waals surface area contributed by atoms with Crippen LogP contribution < -0.4 is 5.56 Å². The fourth-order valence-corrected chi connectivity index (χ4v) is 4.01. The minimum Gasteiger partial charge on any atom is -0.370 e. The van der Waals surface area contributed by atoms with Gasteiger partial charge in [-0.3, -0.25) is 9.69 Å². The lowest BCUT2D eigenvalue weighted by Gasteiger charge is -2.36. The predicted octanol–water partition coefficient (Wildman–Crippen LogP) is 1.04. The van der Waals surface area contributed by atoms with Gasteiger partial charge in [-0.25, -0.2) is 9.67 Å². The molecule has 25 heavy (non-hydrogen) atoms. The largest absolute Gasteiger partial charge is 0.370 e. The monoisotopic (exact) mass is 343 g/mol. The Morgan fingerprint density at radius 2 is 2.24 bits per heavy atom. The summed E-state index contributed by atoms with van der Waals surface area (Å²) >= 11 is 0. The Bertz CT molecular complexity index is 812. The van der Waals surface area contributed by atoms with Crippen molar-refractivity contribution in [2.45, 2.75) is 31.9 Å². The van der Waals surface area contributed by atoms with Crippen LogP contribution in [0.4, 0.5) is 0 Å². The molecule has 4 rings (SSSR count). The maximum Gasteiger partial charge on any atom is 0.266 e. The molecule has 0 aliphatic carbocycles. The van der Waals surface area contributed by atoms with Crippen molar-refractivity contribution in [3.8, 4) is 0 Å². The summed E-state index contributed by atoms with van der Waals surface area (Å²) in [7, 11) is 3.74. The van der Waals surface area contributed by atoms with Crippen molar-refractivity contribution < 1.29 is 4.74 Å². The van der Waals surface area contributed by atoms with Crippen LogP contribution in [0.15, 0.2) is 23.3 Å². The summed E-state index contributed by atoms with van der Waals surface area (Å²) in [6, 6.07) is 1.74. The SMILES string of the molecule is Cn1ccnc1[C@@H]1OCCC[C@H]1CN1CCc2nn(C)c(=O)cc2C1. The van der Waals surface area contributed by atoms with Crippen molar-refractivity contribution in [1.29, 1.82) is 0 Å². The minimum atomic E-state index is -0.0347. The van der Waals surface area contributed by atoms with Crippen LogP contribution in [-0.2, 0) is 31.8 Å². The molecule has 0 bridgehead atoms. The lowest BCUT2D eigenvalue weighted by Crippen LogP contribution is -2.40. The van der Waals surface area contributed by atoms with E-state index in [9.17, 15) is 4.79 Å². The number of hydrogen-bond donors (Lipinski definition) is 0. The van der Waals surface area contributed by atoms with E-state index in [4.69, 9.17) is 4.74 Å². The van der Waals surface area contributed by atoms with Gasteiger partial charge in [-0.1, -0.05) is 0 Å². The molecule has 4 heterocycles. The van der Waals surface area contributed by atoms with E-state index in [1.165, 1.54) is 4.68 Å². The molecule has 7 nitrogen and oxygen atoms in total. The van der Waals surface area contributed by atoms with Gasteiger partial charge in [0.2, 0.25) is 0 Å². The third-order valence-corrected chi connectivity index (χ3v) is 5.37. The number of hydrogen-bond acceptors (Lipinski definition) is 5. The number of ether oxygens (including phenoxy) is 1. The van der Waals surface area contributed by atoms with Gasteiger partial charge in [0, 0.05) is 71.1 Å². The first-order chi connectivity index (χ1) is 12.1. The highest BCUT2D eigenvalue weighted by atomic mass is 16.5. The smallest absolute Gasteiger partial charge is 0.266 e. The van der Waals surface area contributed by atoms with Crippen molar-refractivity contribution in [3.63, 3.8) is 0 Å². The summed E-state index contributed by atoms with van der Waals surface area (Å²) in [4.78, 5) is 18.8. The Morgan fingerprint density at radius 3 is 3.04 bits per heavy atom. The maximum absolute atomic E-state index is 11.9. The fourth-order valence-electron chi connectivity index (χ4n) is 4.01. The van der Waals surface area contributed by atoms with E-state index >= 15 is 0 Å². The maximum atomic E-state index is 11.9. The highest BCUT2D eigenvalue weighted by molar-refractivity contribution is 5.20. The summed E-state index contributed by atoms with van der Waals surface area (Å²) in [5.41, 5.74) is 2.09. The molecular weight excluding hydrogens is 318 g/mol. The molecule has 2 aromatic heterocycles.